The summed E-state index contributed by atoms with van der Waals surface area (Å²) in [6.45, 7) is 11.2. The highest BCUT2D eigenvalue weighted by molar-refractivity contribution is 6.01. The fraction of sp³-hybridized carbons (Fsp3) is 0.778. The van der Waals surface area contributed by atoms with E-state index < -0.39 is 40.6 Å². The summed E-state index contributed by atoms with van der Waals surface area (Å²) in [5.74, 6) is -1.84. The highest BCUT2D eigenvalue weighted by atomic mass is 19.1. The largest absolute Gasteiger partial charge is 0.393 e. The Labute approximate surface area is 200 Å². The van der Waals surface area contributed by atoms with Crippen LogP contribution < -0.4 is 0 Å². The van der Waals surface area contributed by atoms with E-state index in [1.54, 1.807) is 6.08 Å². The van der Waals surface area contributed by atoms with Gasteiger partial charge < -0.3 is 19.3 Å². The topological polar surface area (TPSA) is 82.1 Å². The number of Topliss-reactive ketones (excluding diaryl/α,β-unsaturated/α-hetero) is 1. The lowest BCUT2D eigenvalue weighted by atomic mass is 9.46. The van der Waals surface area contributed by atoms with Crippen LogP contribution in [0.1, 0.15) is 60.8 Å². The number of ether oxygens (including phenoxy) is 3. The van der Waals surface area contributed by atoms with Crippen molar-refractivity contribution in [3.63, 3.8) is 0 Å². The van der Waals surface area contributed by atoms with E-state index in [0.29, 0.717) is 18.4 Å². The van der Waals surface area contributed by atoms with Crippen LogP contribution in [0, 0.1) is 28.6 Å². The first-order valence-electron chi connectivity index (χ1n) is 12.6. The van der Waals surface area contributed by atoms with Gasteiger partial charge in [0.1, 0.15) is 12.8 Å². The minimum atomic E-state index is -1.27. The van der Waals surface area contributed by atoms with Crippen LogP contribution in [-0.2, 0) is 23.8 Å². The Bertz CT molecular complexity index is 970. The summed E-state index contributed by atoms with van der Waals surface area (Å²) in [4.78, 5) is 25.8. The molecule has 3 saturated carbocycles. The first kappa shape index (κ1) is 24.3. The Hall–Kier alpha value is -1.41. The van der Waals surface area contributed by atoms with Gasteiger partial charge in [-0.05, 0) is 76.5 Å². The molecule has 9 atom stereocenters. The first-order valence-corrected chi connectivity index (χ1v) is 12.6. The molecule has 7 heteroatoms. The van der Waals surface area contributed by atoms with Gasteiger partial charge in [0, 0.05) is 16.7 Å². The van der Waals surface area contributed by atoms with E-state index in [9.17, 15) is 14.7 Å². The van der Waals surface area contributed by atoms with E-state index in [0.717, 1.165) is 0 Å². The summed E-state index contributed by atoms with van der Waals surface area (Å²) in [5.41, 5.74) is -2.28. The average Bonchev–Trinajstić information content (AvgIpc) is 3.13. The lowest BCUT2D eigenvalue weighted by molar-refractivity contribution is -0.227. The van der Waals surface area contributed by atoms with Gasteiger partial charge in [-0.25, -0.2) is 4.39 Å². The Morgan fingerprint density at radius 2 is 1.97 bits per heavy atom. The molecule has 0 amide bonds. The molecule has 9 unspecified atom stereocenters. The van der Waals surface area contributed by atoms with Gasteiger partial charge in [-0.3, -0.25) is 9.59 Å². The maximum Gasteiger partial charge on any atom is 0.193 e. The smallest absolute Gasteiger partial charge is 0.193 e. The molecule has 1 heterocycles. The Morgan fingerprint density at radius 3 is 2.65 bits per heavy atom. The minimum absolute atomic E-state index is 0.0762. The quantitative estimate of drug-likeness (QED) is 0.666. The van der Waals surface area contributed by atoms with Crippen LogP contribution in [0.2, 0.25) is 0 Å². The molecule has 0 aromatic heterocycles. The summed E-state index contributed by atoms with van der Waals surface area (Å²) >= 11 is 0. The van der Waals surface area contributed by atoms with Gasteiger partial charge in [0.05, 0.1) is 18.3 Å². The molecule has 1 aliphatic heterocycles. The molecule has 6 nitrogen and oxygen atoms in total. The predicted octanol–water partition coefficient (Wildman–Crippen LogP) is 3.71. The van der Waals surface area contributed by atoms with Crippen LogP contribution >= 0.6 is 0 Å². The van der Waals surface area contributed by atoms with Crippen molar-refractivity contribution in [3.8, 4) is 0 Å². The number of aliphatic hydroxyl groups is 1. The molecule has 5 rings (SSSR count). The van der Waals surface area contributed by atoms with Crippen molar-refractivity contribution < 1.29 is 33.3 Å². The predicted molar refractivity (Wildman–Crippen MR) is 123 cm³/mol. The zero-order valence-corrected chi connectivity index (χ0v) is 21.0. The number of hydrogen-bond donors (Lipinski definition) is 1. The zero-order chi connectivity index (χ0) is 24.8. The van der Waals surface area contributed by atoms with Crippen LogP contribution in [0.4, 0.5) is 4.39 Å². The summed E-state index contributed by atoms with van der Waals surface area (Å²) in [6, 6.07) is 0. The van der Waals surface area contributed by atoms with Crippen LogP contribution in [-0.4, -0.2) is 59.2 Å². The van der Waals surface area contributed by atoms with E-state index in [2.05, 4.69) is 0 Å². The molecular formula is C27H37FO6. The van der Waals surface area contributed by atoms with Gasteiger partial charge in [-0.15, -0.1) is 0 Å². The van der Waals surface area contributed by atoms with Crippen molar-refractivity contribution in [1.29, 1.82) is 0 Å². The molecule has 34 heavy (non-hydrogen) atoms. The van der Waals surface area contributed by atoms with Crippen molar-refractivity contribution in [2.45, 2.75) is 96.7 Å². The Kier molecular flexibility index (Phi) is 5.39. The third-order valence-corrected chi connectivity index (χ3v) is 9.43. The highest BCUT2D eigenvalue weighted by Gasteiger charge is 2.77. The van der Waals surface area contributed by atoms with E-state index in [1.807, 2.05) is 41.5 Å². The number of halogens is 1. The Balaban J connectivity index is 1.57. The average molecular weight is 477 g/mol. The van der Waals surface area contributed by atoms with Gasteiger partial charge in [-0.1, -0.05) is 19.9 Å². The number of alkyl halides is 1. The van der Waals surface area contributed by atoms with Crippen molar-refractivity contribution in [3.05, 3.63) is 23.8 Å². The molecule has 188 valence electrons. The normalized spacial score (nSPS) is 48.7. The summed E-state index contributed by atoms with van der Waals surface area (Å²) < 4.78 is 34.1. The van der Waals surface area contributed by atoms with Gasteiger partial charge >= 0.3 is 0 Å². The summed E-state index contributed by atoms with van der Waals surface area (Å²) in [5, 5.41) is 11.6. The van der Waals surface area contributed by atoms with E-state index in [4.69, 9.17) is 14.2 Å². The molecule has 0 radical (unpaired) electrons. The lowest BCUT2D eigenvalue weighted by Gasteiger charge is -2.60. The van der Waals surface area contributed by atoms with E-state index in [-0.39, 0.29) is 48.5 Å². The molecule has 0 aromatic rings. The summed E-state index contributed by atoms with van der Waals surface area (Å²) in [6.07, 6.45) is 3.14. The highest BCUT2D eigenvalue weighted by Crippen LogP contribution is 2.70. The Morgan fingerprint density at radius 1 is 1.26 bits per heavy atom. The molecule has 0 aromatic carbocycles. The number of carbonyl (C=O) groups excluding carboxylic acids is 2. The molecule has 5 aliphatic rings. The summed E-state index contributed by atoms with van der Waals surface area (Å²) in [7, 11) is 0. The first-order chi connectivity index (χ1) is 15.7. The van der Waals surface area contributed by atoms with Crippen LogP contribution in [0.3, 0.4) is 0 Å². The van der Waals surface area contributed by atoms with Crippen LogP contribution in [0.5, 0.6) is 0 Å². The van der Waals surface area contributed by atoms with E-state index in [1.165, 1.54) is 12.2 Å². The van der Waals surface area contributed by atoms with Crippen LogP contribution in [0.15, 0.2) is 23.8 Å². The number of carbonyl (C=O) groups is 2. The molecule has 4 aliphatic carbocycles. The van der Waals surface area contributed by atoms with E-state index >= 15 is 4.39 Å². The maximum atomic E-state index is 15.6. The van der Waals surface area contributed by atoms with Crippen molar-refractivity contribution in [1.82, 2.24) is 0 Å². The second kappa shape index (κ2) is 7.55. The van der Waals surface area contributed by atoms with Crippen molar-refractivity contribution >= 4 is 11.6 Å². The fourth-order valence-corrected chi connectivity index (χ4v) is 8.28. The van der Waals surface area contributed by atoms with Crippen molar-refractivity contribution in [2.24, 2.45) is 28.6 Å². The monoisotopic (exact) mass is 476 g/mol. The molecule has 1 saturated heterocycles. The van der Waals surface area contributed by atoms with Gasteiger partial charge in [-0.2, -0.15) is 0 Å². The number of fused-ring (bicyclic) bond motifs is 7. The van der Waals surface area contributed by atoms with Crippen molar-refractivity contribution in [2.75, 3.05) is 6.61 Å². The standard InChI is InChI=1S/C27H37FO6/c1-14(2)32-13-21(31)27-22(33-24(3,4)34-27)11-17-16-10-19(28)18-9-15(29)7-8-25(18,5)23(16)20(30)12-26(17,27)6/h7-9,14,16-17,19-20,22-23,30H,10-13H2,1-6H3. The number of ketones is 2. The SMILES string of the molecule is CC(C)OCC(=O)C12OC(C)(C)OC1CC1C3CC(F)C4=CC(=O)C=CC4(C)C3C(O)CC12C. The van der Waals surface area contributed by atoms with Gasteiger partial charge in [0.25, 0.3) is 0 Å². The second-order valence-electron chi connectivity index (χ2n) is 12.2. The second-order valence-corrected chi connectivity index (χ2v) is 12.2. The molecule has 4 fully saturated rings. The molecular weight excluding hydrogens is 439 g/mol. The molecule has 0 spiro atoms. The zero-order valence-electron chi connectivity index (χ0n) is 21.0. The maximum absolute atomic E-state index is 15.6. The fourth-order valence-electron chi connectivity index (χ4n) is 8.28. The van der Waals surface area contributed by atoms with Gasteiger partial charge in [0.2, 0.25) is 0 Å². The number of rotatable bonds is 4. The molecule has 1 N–H and O–H groups in total. The minimum Gasteiger partial charge on any atom is -0.393 e. The van der Waals surface area contributed by atoms with Crippen LogP contribution in [0.25, 0.3) is 0 Å². The third kappa shape index (κ3) is 3.12. The third-order valence-electron chi connectivity index (χ3n) is 9.43. The lowest BCUT2D eigenvalue weighted by Crippen LogP contribution is -2.64. The molecule has 0 bridgehead atoms. The number of hydrogen-bond acceptors (Lipinski definition) is 6. The number of allylic oxidation sites excluding steroid dienone is 4. The van der Waals surface area contributed by atoms with Gasteiger partial charge in [0.15, 0.2) is 23.0 Å². The number of aliphatic hydroxyl groups excluding tert-OH is 1.